The van der Waals surface area contributed by atoms with E-state index in [0.717, 1.165) is 11.8 Å². The molecule has 1 heterocycles. The lowest BCUT2D eigenvalue weighted by Crippen LogP contribution is -2.57. The molecule has 0 unspecified atom stereocenters. The Bertz CT molecular complexity index is 2670. The fourth-order valence-corrected chi connectivity index (χ4v) is 15.3. The predicted molar refractivity (Wildman–Crippen MR) is 248 cm³/mol. The van der Waals surface area contributed by atoms with Crippen LogP contribution >= 0.6 is 11.8 Å². The van der Waals surface area contributed by atoms with Crippen LogP contribution in [0, 0.1) is 23.7 Å². The minimum absolute atomic E-state index is 0.0456. The van der Waals surface area contributed by atoms with Gasteiger partial charge in [0, 0.05) is 37.7 Å². The monoisotopic (exact) mass is 787 g/mol. The van der Waals surface area contributed by atoms with Crippen molar-refractivity contribution in [2.75, 3.05) is 4.90 Å². The molecule has 0 amide bonds. The highest BCUT2D eigenvalue weighted by Crippen LogP contribution is 2.70. The van der Waals surface area contributed by atoms with Crippen LogP contribution in [-0.4, -0.2) is 0 Å². The molecule has 6 aromatic rings. The van der Waals surface area contributed by atoms with E-state index >= 15 is 0 Å². The summed E-state index contributed by atoms with van der Waals surface area (Å²) < 4.78 is 0. The minimum atomic E-state index is -0.0762. The molecule has 4 bridgehead atoms. The van der Waals surface area contributed by atoms with Gasteiger partial charge in [-0.25, -0.2) is 0 Å². The highest BCUT2D eigenvalue weighted by molar-refractivity contribution is 7.99. The first kappa shape index (κ1) is 36.3. The molecule has 4 fully saturated rings. The smallest absolute Gasteiger partial charge is 0.0473 e. The lowest BCUT2D eigenvalue weighted by molar-refractivity contribution is -0.0441. The van der Waals surface area contributed by atoms with Gasteiger partial charge < -0.3 is 4.90 Å². The summed E-state index contributed by atoms with van der Waals surface area (Å²) in [4.78, 5) is 5.55. The number of rotatable bonds is 4. The fourth-order valence-electron chi connectivity index (χ4n) is 14.0. The maximum atomic E-state index is 2.62. The SMILES string of the molecule is CC1(C)CCC(C)(C)c2cc(N(c3ccc4c(c3)Sc3cccc(-c5ccccc5)c3C43C4CC5CC(C4)CC3C5)c3ccc4c(c3)C(C)(C)c3ccccc3-4)ccc21. The van der Waals surface area contributed by atoms with E-state index in [9.17, 15) is 0 Å². The van der Waals surface area contributed by atoms with E-state index in [0.29, 0.717) is 11.8 Å². The number of hydrogen-bond acceptors (Lipinski definition) is 2. The lowest BCUT2D eigenvalue weighted by Gasteiger charge is -2.63. The van der Waals surface area contributed by atoms with Crippen LogP contribution in [0.2, 0.25) is 0 Å². The number of fused-ring (bicyclic) bond motifs is 6. The molecule has 296 valence electrons. The Morgan fingerprint density at radius 3 is 1.76 bits per heavy atom. The van der Waals surface area contributed by atoms with Gasteiger partial charge in [0.15, 0.2) is 0 Å². The van der Waals surface area contributed by atoms with Gasteiger partial charge in [0.25, 0.3) is 0 Å². The first-order chi connectivity index (χ1) is 28.4. The van der Waals surface area contributed by atoms with E-state index < -0.39 is 0 Å². The Morgan fingerprint density at radius 2 is 1.03 bits per heavy atom. The van der Waals surface area contributed by atoms with Crippen molar-refractivity contribution in [2.24, 2.45) is 23.7 Å². The minimum Gasteiger partial charge on any atom is -0.310 e. The van der Waals surface area contributed by atoms with Crippen molar-refractivity contribution in [3.8, 4) is 22.3 Å². The number of benzene rings is 6. The summed E-state index contributed by atoms with van der Waals surface area (Å²) in [6, 6.07) is 50.2. The summed E-state index contributed by atoms with van der Waals surface area (Å²) in [5, 5.41) is 0. The standard InChI is InChI=1S/C57H57NS/c1-54(2)25-26-55(3,4)50-33-41(20-23-47(50)54)58(40-19-22-45-44-15-10-11-17-46(44)56(5,6)49(45)32-40)42-21-24-48-52(34-42)59-51-18-12-16-43(37-13-8-7-9-14-37)53(51)57(48)38-28-35-27-36(30-38)31-39(57)29-35/h7-24,32-36,38-39H,25-31H2,1-6H3. The molecule has 0 atom stereocenters. The summed E-state index contributed by atoms with van der Waals surface area (Å²) in [5.41, 5.74) is 18.7. The third kappa shape index (κ3) is 5.11. The van der Waals surface area contributed by atoms with Crippen LogP contribution in [0.25, 0.3) is 22.3 Å². The zero-order valence-corrected chi connectivity index (χ0v) is 36.6. The molecule has 59 heavy (non-hydrogen) atoms. The van der Waals surface area contributed by atoms with Crippen LogP contribution in [0.3, 0.4) is 0 Å². The third-order valence-electron chi connectivity index (χ3n) is 16.8. The average molecular weight is 788 g/mol. The van der Waals surface area contributed by atoms with Crippen LogP contribution in [0.4, 0.5) is 17.1 Å². The Hall–Kier alpha value is -4.53. The summed E-state index contributed by atoms with van der Waals surface area (Å²) in [5.74, 6) is 3.18. The Kier molecular flexibility index (Phi) is 7.70. The van der Waals surface area contributed by atoms with Crippen LogP contribution in [0.15, 0.2) is 137 Å². The van der Waals surface area contributed by atoms with Crippen LogP contribution in [-0.2, 0) is 21.7 Å². The summed E-state index contributed by atoms with van der Waals surface area (Å²) in [6.45, 7) is 14.6. The normalized spacial score (nSPS) is 26.7. The zero-order chi connectivity index (χ0) is 40.1. The molecule has 0 N–H and O–H groups in total. The molecule has 0 radical (unpaired) electrons. The molecule has 2 heteroatoms. The first-order valence-corrected chi connectivity index (χ1v) is 23.5. The van der Waals surface area contributed by atoms with Crippen molar-refractivity contribution in [3.05, 3.63) is 161 Å². The molecule has 1 aliphatic heterocycles. The van der Waals surface area contributed by atoms with Crippen LogP contribution in [0.1, 0.15) is 120 Å². The lowest BCUT2D eigenvalue weighted by atomic mass is 9.41. The molecule has 1 nitrogen and oxygen atoms in total. The van der Waals surface area contributed by atoms with Gasteiger partial charge in [-0.3, -0.25) is 0 Å². The van der Waals surface area contributed by atoms with Gasteiger partial charge in [-0.05, 0) is 178 Å². The van der Waals surface area contributed by atoms with E-state index in [1.807, 2.05) is 11.8 Å². The highest BCUT2D eigenvalue weighted by atomic mass is 32.2. The average Bonchev–Trinajstić information content (AvgIpc) is 3.46. The van der Waals surface area contributed by atoms with Gasteiger partial charge in [0.2, 0.25) is 0 Å². The van der Waals surface area contributed by atoms with E-state index in [1.54, 1.807) is 11.1 Å². The molecular weight excluding hydrogens is 731 g/mol. The van der Waals surface area contributed by atoms with Crippen molar-refractivity contribution in [1.82, 2.24) is 0 Å². The molecule has 0 saturated heterocycles. The zero-order valence-electron chi connectivity index (χ0n) is 35.7. The van der Waals surface area contributed by atoms with Gasteiger partial charge in [-0.2, -0.15) is 0 Å². The van der Waals surface area contributed by atoms with Crippen molar-refractivity contribution in [1.29, 1.82) is 0 Å². The number of hydrogen-bond donors (Lipinski definition) is 0. The van der Waals surface area contributed by atoms with Crippen LogP contribution in [0.5, 0.6) is 0 Å². The van der Waals surface area contributed by atoms with Gasteiger partial charge in [-0.15, -0.1) is 0 Å². The largest absolute Gasteiger partial charge is 0.310 e. The predicted octanol–water partition coefficient (Wildman–Crippen LogP) is 15.7. The van der Waals surface area contributed by atoms with Gasteiger partial charge in [0.1, 0.15) is 0 Å². The van der Waals surface area contributed by atoms with E-state index in [4.69, 9.17) is 0 Å². The van der Waals surface area contributed by atoms with Crippen molar-refractivity contribution < 1.29 is 0 Å². The Labute approximate surface area is 356 Å². The third-order valence-corrected chi connectivity index (χ3v) is 17.9. The van der Waals surface area contributed by atoms with E-state index in [1.165, 1.54) is 116 Å². The summed E-state index contributed by atoms with van der Waals surface area (Å²) in [7, 11) is 0. The maximum Gasteiger partial charge on any atom is 0.0473 e. The number of anilines is 3. The van der Waals surface area contributed by atoms with E-state index in [-0.39, 0.29) is 21.7 Å². The van der Waals surface area contributed by atoms with Gasteiger partial charge in [-0.1, -0.05) is 138 Å². The summed E-state index contributed by atoms with van der Waals surface area (Å²) >= 11 is 2.04. The van der Waals surface area contributed by atoms with Crippen molar-refractivity contribution in [3.63, 3.8) is 0 Å². The van der Waals surface area contributed by atoms with Crippen molar-refractivity contribution in [2.45, 2.75) is 118 Å². The molecule has 0 aromatic heterocycles. The molecule has 13 rings (SSSR count). The van der Waals surface area contributed by atoms with Crippen LogP contribution < -0.4 is 4.90 Å². The second-order valence-electron chi connectivity index (χ2n) is 21.2. The number of nitrogens with zero attached hydrogens (tertiary/aromatic N) is 1. The fraction of sp³-hybridized carbons (Fsp3) is 0.368. The second kappa shape index (κ2) is 12.5. The topological polar surface area (TPSA) is 3.24 Å². The van der Waals surface area contributed by atoms with Gasteiger partial charge in [0.05, 0.1) is 0 Å². The summed E-state index contributed by atoms with van der Waals surface area (Å²) in [6.07, 6.45) is 9.39. The second-order valence-corrected chi connectivity index (χ2v) is 22.3. The Morgan fingerprint density at radius 1 is 0.458 bits per heavy atom. The first-order valence-electron chi connectivity index (χ1n) is 22.6. The van der Waals surface area contributed by atoms with Gasteiger partial charge >= 0.3 is 0 Å². The highest BCUT2D eigenvalue weighted by Gasteiger charge is 2.61. The quantitative estimate of drug-likeness (QED) is 0.175. The molecule has 6 aromatic carbocycles. The molecule has 6 aliphatic carbocycles. The Balaban J connectivity index is 1.07. The maximum absolute atomic E-state index is 2.62. The molecule has 1 spiro atoms. The van der Waals surface area contributed by atoms with Crippen molar-refractivity contribution >= 4 is 28.8 Å². The molecular formula is C57H57NS. The molecule has 7 aliphatic rings. The molecule has 4 saturated carbocycles. The van der Waals surface area contributed by atoms with E-state index in [2.05, 4.69) is 174 Å².